The number of rotatable bonds is 7. The molecule has 30 heavy (non-hydrogen) atoms. The van der Waals surface area contributed by atoms with E-state index in [0.29, 0.717) is 21.5 Å². The lowest BCUT2D eigenvalue weighted by Gasteiger charge is -2.16. The number of hydrogen-bond acceptors (Lipinski definition) is 5. The van der Waals surface area contributed by atoms with Gasteiger partial charge in [-0.25, -0.2) is 8.42 Å². The van der Waals surface area contributed by atoms with Crippen LogP contribution in [0.5, 0.6) is 11.5 Å². The van der Waals surface area contributed by atoms with Crippen molar-refractivity contribution in [3.63, 3.8) is 0 Å². The van der Waals surface area contributed by atoms with Crippen LogP contribution in [0.25, 0.3) is 0 Å². The molecule has 0 aliphatic heterocycles. The molecule has 0 atom stereocenters. The van der Waals surface area contributed by atoms with Crippen LogP contribution in [0.2, 0.25) is 5.02 Å². The fourth-order valence-corrected chi connectivity index (χ4v) is 3.99. The van der Waals surface area contributed by atoms with E-state index in [-0.39, 0.29) is 15.6 Å². The number of nitrogens with zero attached hydrogens (tertiary/aromatic N) is 1. The highest BCUT2D eigenvalue weighted by Gasteiger charge is 2.24. The Morgan fingerprint density at radius 2 is 1.60 bits per heavy atom. The summed E-state index contributed by atoms with van der Waals surface area (Å²) < 4.78 is 31.3. The normalized spacial score (nSPS) is 11.3. The number of amides is 1. The Bertz CT molecular complexity index is 1140. The fourth-order valence-electron chi connectivity index (χ4n) is 2.52. The largest absolute Gasteiger partial charge is 0.457 e. The van der Waals surface area contributed by atoms with Crippen molar-refractivity contribution in [2.45, 2.75) is 4.90 Å². The fraction of sp³-hybridized carbons (Fsp3) is 0.0952. The maximum Gasteiger partial charge on any atom is 0.266 e. The van der Waals surface area contributed by atoms with Crippen molar-refractivity contribution in [1.29, 1.82) is 0 Å². The van der Waals surface area contributed by atoms with Gasteiger partial charge in [-0.1, -0.05) is 34.3 Å². The zero-order valence-electron chi connectivity index (χ0n) is 16.2. The van der Waals surface area contributed by atoms with E-state index in [1.807, 2.05) is 30.3 Å². The van der Waals surface area contributed by atoms with Crippen molar-refractivity contribution in [1.82, 2.24) is 4.47 Å². The van der Waals surface area contributed by atoms with Crippen molar-refractivity contribution in [2.75, 3.05) is 19.5 Å². The molecule has 0 spiro atoms. The first-order valence-corrected chi connectivity index (χ1v) is 10.6. The Morgan fingerprint density at radius 3 is 2.23 bits per heavy atom. The molecule has 3 aromatic carbocycles. The van der Waals surface area contributed by atoms with E-state index >= 15 is 0 Å². The number of carbonyl (C=O) groups is 1. The van der Waals surface area contributed by atoms with Gasteiger partial charge in [-0.05, 0) is 54.6 Å². The Hall–Kier alpha value is -2.91. The van der Waals surface area contributed by atoms with E-state index < -0.39 is 15.9 Å². The highest BCUT2D eigenvalue weighted by atomic mass is 35.5. The first kappa shape index (κ1) is 21.8. The van der Waals surface area contributed by atoms with E-state index in [4.69, 9.17) is 21.2 Å². The molecule has 1 amide bonds. The van der Waals surface area contributed by atoms with Crippen LogP contribution >= 0.6 is 11.6 Å². The van der Waals surface area contributed by atoms with E-state index in [2.05, 4.69) is 5.32 Å². The number of nitrogens with one attached hydrogen (secondary N) is 1. The molecular weight excluding hydrogens is 428 g/mol. The van der Waals surface area contributed by atoms with Gasteiger partial charge in [0.25, 0.3) is 15.9 Å². The van der Waals surface area contributed by atoms with Crippen LogP contribution in [0.1, 0.15) is 10.4 Å². The van der Waals surface area contributed by atoms with Crippen LogP contribution in [0.4, 0.5) is 5.69 Å². The summed E-state index contributed by atoms with van der Waals surface area (Å²) in [6.45, 7) is 0. The SMILES string of the molecule is CON(C)S(=O)(=O)c1cc(NC(=O)c2ccc(Oc3ccccc3)cc2)ccc1Cl. The first-order valence-electron chi connectivity index (χ1n) is 8.78. The lowest BCUT2D eigenvalue weighted by atomic mass is 10.2. The molecule has 156 valence electrons. The lowest BCUT2D eigenvalue weighted by molar-refractivity contribution is -0.0258. The van der Waals surface area contributed by atoms with Gasteiger partial charge in [-0.2, -0.15) is 0 Å². The van der Waals surface area contributed by atoms with Crippen molar-refractivity contribution in [2.24, 2.45) is 0 Å². The second kappa shape index (κ2) is 9.27. The van der Waals surface area contributed by atoms with Crippen molar-refractivity contribution < 1.29 is 22.8 Å². The minimum absolute atomic E-state index is 0.0133. The van der Waals surface area contributed by atoms with Gasteiger partial charge in [0.15, 0.2) is 0 Å². The molecule has 0 fully saturated rings. The molecule has 1 N–H and O–H groups in total. The highest BCUT2D eigenvalue weighted by molar-refractivity contribution is 7.89. The number of ether oxygens (including phenoxy) is 1. The third-order valence-electron chi connectivity index (χ3n) is 4.16. The van der Waals surface area contributed by atoms with Gasteiger partial charge < -0.3 is 10.1 Å². The molecule has 0 unspecified atom stereocenters. The molecule has 0 bridgehead atoms. The van der Waals surface area contributed by atoms with Crippen molar-refractivity contribution in [3.05, 3.63) is 83.4 Å². The molecule has 0 radical (unpaired) electrons. The second-order valence-corrected chi connectivity index (χ2v) is 8.45. The predicted octanol–water partition coefficient (Wildman–Crippen LogP) is 4.57. The zero-order valence-corrected chi connectivity index (χ0v) is 17.8. The lowest BCUT2D eigenvalue weighted by Crippen LogP contribution is -2.26. The first-order chi connectivity index (χ1) is 14.3. The van der Waals surface area contributed by atoms with Gasteiger partial charge in [-0.3, -0.25) is 9.63 Å². The average Bonchev–Trinajstić information content (AvgIpc) is 2.75. The molecule has 0 aliphatic rings. The summed E-state index contributed by atoms with van der Waals surface area (Å²) in [6.07, 6.45) is 0. The zero-order chi connectivity index (χ0) is 21.7. The number of halogens is 1. The Labute approximate surface area is 179 Å². The van der Waals surface area contributed by atoms with E-state index in [0.717, 1.165) is 0 Å². The topological polar surface area (TPSA) is 84.9 Å². The molecule has 7 nitrogen and oxygen atoms in total. The molecular formula is C21H19ClN2O5S. The Balaban J connectivity index is 1.75. The van der Waals surface area contributed by atoms with Crippen LogP contribution < -0.4 is 10.1 Å². The minimum Gasteiger partial charge on any atom is -0.457 e. The van der Waals surface area contributed by atoms with Gasteiger partial charge in [0, 0.05) is 18.3 Å². The van der Waals surface area contributed by atoms with Crippen LogP contribution in [0.3, 0.4) is 0 Å². The molecule has 0 aliphatic carbocycles. The Kier molecular flexibility index (Phi) is 6.73. The van der Waals surface area contributed by atoms with E-state index in [9.17, 15) is 13.2 Å². The predicted molar refractivity (Wildman–Crippen MR) is 114 cm³/mol. The smallest absolute Gasteiger partial charge is 0.266 e. The van der Waals surface area contributed by atoms with Crippen LogP contribution in [-0.4, -0.2) is 33.0 Å². The summed E-state index contributed by atoms with van der Waals surface area (Å²) in [5.41, 5.74) is 0.654. The van der Waals surface area contributed by atoms with Crippen LogP contribution in [0, 0.1) is 0 Å². The van der Waals surface area contributed by atoms with Gasteiger partial charge in [-0.15, -0.1) is 0 Å². The highest BCUT2D eigenvalue weighted by Crippen LogP contribution is 2.28. The van der Waals surface area contributed by atoms with Gasteiger partial charge >= 0.3 is 0 Å². The van der Waals surface area contributed by atoms with E-state index in [1.54, 1.807) is 24.3 Å². The second-order valence-electron chi connectivity index (χ2n) is 6.14. The third kappa shape index (κ3) is 4.98. The number of hydroxylamine groups is 1. The Morgan fingerprint density at radius 1 is 0.967 bits per heavy atom. The number of carbonyl (C=O) groups excluding carboxylic acids is 1. The average molecular weight is 447 g/mol. The third-order valence-corrected chi connectivity index (χ3v) is 6.32. The van der Waals surface area contributed by atoms with Crippen molar-refractivity contribution in [3.8, 4) is 11.5 Å². The number of benzene rings is 3. The number of anilines is 1. The standard InChI is InChI=1S/C21H19ClN2O5S/c1-24(28-2)30(26,27)20-14-16(10-13-19(20)22)23-21(25)15-8-11-18(12-9-15)29-17-6-4-3-5-7-17/h3-14H,1-2H3,(H,23,25). The number of para-hydroxylation sites is 1. The summed E-state index contributed by atoms with van der Waals surface area (Å²) in [7, 11) is -1.50. The number of hydrogen-bond donors (Lipinski definition) is 1. The van der Waals surface area contributed by atoms with Crippen molar-refractivity contribution >= 4 is 33.2 Å². The molecule has 0 saturated heterocycles. The molecule has 3 aromatic rings. The van der Waals surface area contributed by atoms with Gasteiger partial charge in [0.05, 0.1) is 12.1 Å². The van der Waals surface area contributed by atoms with Gasteiger partial charge in [0.2, 0.25) is 0 Å². The summed E-state index contributed by atoms with van der Waals surface area (Å²) in [5, 5.41) is 2.68. The molecule has 0 heterocycles. The maximum absolute atomic E-state index is 12.6. The quantitative estimate of drug-likeness (QED) is 0.537. The molecule has 3 rings (SSSR count). The maximum atomic E-state index is 12.6. The summed E-state index contributed by atoms with van der Waals surface area (Å²) >= 11 is 6.03. The van der Waals surface area contributed by atoms with Gasteiger partial charge in [0.1, 0.15) is 16.4 Å². The monoisotopic (exact) mass is 446 g/mol. The number of sulfonamides is 1. The molecule has 0 aromatic heterocycles. The minimum atomic E-state index is -3.97. The molecule has 9 heteroatoms. The van der Waals surface area contributed by atoms with Crippen LogP contribution in [0.15, 0.2) is 77.7 Å². The molecule has 0 saturated carbocycles. The van der Waals surface area contributed by atoms with Crippen LogP contribution in [-0.2, 0) is 14.9 Å². The summed E-state index contributed by atoms with van der Waals surface area (Å²) in [5.74, 6) is 0.859. The summed E-state index contributed by atoms with van der Waals surface area (Å²) in [6, 6.07) is 20.0. The summed E-state index contributed by atoms with van der Waals surface area (Å²) in [4.78, 5) is 17.1. The van der Waals surface area contributed by atoms with E-state index in [1.165, 1.54) is 32.4 Å².